The van der Waals surface area contributed by atoms with Crippen molar-refractivity contribution in [2.24, 2.45) is 0 Å². The van der Waals surface area contributed by atoms with E-state index in [0.717, 1.165) is 49.8 Å². The molecule has 1 saturated carbocycles. The fraction of sp³-hybridized carbons (Fsp3) is 0.579. The van der Waals surface area contributed by atoms with Gasteiger partial charge in [-0.15, -0.1) is 0 Å². The number of rotatable bonds is 3. The maximum Gasteiger partial charge on any atom is 0.217 e. The van der Waals surface area contributed by atoms with Gasteiger partial charge < -0.3 is 10.1 Å². The Bertz CT molecular complexity index is 684. The van der Waals surface area contributed by atoms with Crippen molar-refractivity contribution in [3.8, 4) is 6.07 Å². The van der Waals surface area contributed by atoms with Crippen molar-refractivity contribution in [1.82, 2.24) is 10.2 Å². The largest absolute Gasteiger partial charge is 0.370 e. The lowest BCUT2D eigenvalue weighted by molar-refractivity contribution is -0.150. The lowest BCUT2D eigenvalue weighted by Gasteiger charge is -2.49. The number of nitrogens with zero attached hydrogens (tertiary/aromatic N) is 2. The van der Waals surface area contributed by atoms with Gasteiger partial charge in [-0.3, -0.25) is 9.69 Å². The highest BCUT2D eigenvalue weighted by atomic mass is 79.9. The highest BCUT2D eigenvalue weighted by Gasteiger charge is 2.45. The first-order chi connectivity index (χ1) is 12.0. The Kier molecular flexibility index (Phi) is 5.78. The van der Waals surface area contributed by atoms with Gasteiger partial charge in [0, 0.05) is 31.0 Å². The number of nitriles is 1. The molecule has 1 aromatic carbocycles. The Labute approximate surface area is 157 Å². The van der Waals surface area contributed by atoms with Crippen molar-refractivity contribution in [2.45, 2.75) is 50.8 Å². The van der Waals surface area contributed by atoms with Crippen LogP contribution in [-0.2, 0) is 16.1 Å². The minimum absolute atomic E-state index is 0.0156. The minimum atomic E-state index is -0.277. The van der Waals surface area contributed by atoms with Crippen LogP contribution in [0.5, 0.6) is 0 Å². The molecule has 1 aliphatic carbocycles. The second-order valence-electron chi connectivity index (χ2n) is 7.04. The van der Waals surface area contributed by atoms with E-state index < -0.39 is 0 Å². The SMILES string of the molecule is CC(=O)N[C@H]1CCCC[C@@]12CN(Cc1ccc(C#N)cc1Br)CCO2. The Balaban J connectivity index is 1.74. The van der Waals surface area contributed by atoms with Gasteiger partial charge in [-0.05, 0) is 30.5 Å². The zero-order chi connectivity index (χ0) is 17.9. The van der Waals surface area contributed by atoms with E-state index >= 15 is 0 Å². The Hall–Kier alpha value is -1.42. The normalized spacial score (nSPS) is 27.0. The molecule has 25 heavy (non-hydrogen) atoms. The second kappa shape index (κ2) is 7.86. The van der Waals surface area contributed by atoms with E-state index in [0.29, 0.717) is 12.2 Å². The van der Waals surface area contributed by atoms with Gasteiger partial charge in [0.15, 0.2) is 0 Å². The van der Waals surface area contributed by atoms with Gasteiger partial charge in [-0.2, -0.15) is 5.26 Å². The summed E-state index contributed by atoms with van der Waals surface area (Å²) in [5.74, 6) is 0.0156. The van der Waals surface area contributed by atoms with Crippen molar-refractivity contribution in [1.29, 1.82) is 5.26 Å². The van der Waals surface area contributed by atoms with E-state index in [2.05, 4.69) is 32.2 Å². The first-order valence-corrected chi connectivity index (χ1v) is 9.64. The van der Waals surface area contributed by atoms with Crippen LogP contribution in [-0.4, -0.2) is 42.1 Å². The number of ether oxygens (including phenoxy) is 1. The summed E-state index contributed by atoms with van der Waals surface area (Å²) in [6, 6.07) is 7.99. The van der Waals surface area contributed by atoms with Gasteiger partial charge in [-0.25, -0.2) is 0 Å². The number of benzene rings is 1. The molecule has 1 N–H and O–H groups in total. The number of carbonyl (C=O) groups excluding carboxylic acids is 1. The van der Waals surface area contributed by atoms with E-state index in [-0.39, 0.29) is 17.6 Å². The van der Waals surface area contributed by atoms with Crippen molar-refractivity contribution in [3.05, 3.63) is 33.8 Å². The van der Waals surface area contributed by atoms with E-state index in [4.69, 9.17) is 10.00 Å². The second-order valence-corrected chi connectivity index (χ2v) is 7.90. The zero-order valence-electron chi connectivity index (χ0n) is 14.6. The molecule has 2 aliphatic rings. The van der Waals surface area contributed by atoms with Crippen molar-refractivity contribution >= 4 is 21.8 Å². The van der Waals surface area contributed by atoms with Crippen LogP contribution in [0.15, 0.2) is 22.7 Å². The van der Waals surface area contributed by atoms with Crippen LogP contribution in [0.3, 0.4) is 0 Å². The molecule has 5 nitrogen and oxygen atoms in total. The summed E-state index contributed by atoms with van der Waals surface area (Å²) in [4.78, 5) is 14.0. The van der Waals surface area contributed by atoms with E-state index in [1.807, 2.05) is 18.2 Å². The summed E-state index contributed by atoms with van der Waals surface area (Å²) in [5, 5.41) is 12.1. The van der Waals surface area contributed by atoms with Crippen LogP contribution in [0.1, 0.15) is 43.7 Å². The van der Waals surface area contributed by atoms with Crippen molar-refractivity contribution in [3.63, 3.8) is 0 Å². The average molecular weight is 406 g/mol. The van der Waals surface area contributed by atoms with Crippen LogP contribution < -0.4 is 5.32 Å². The quantitative estimate of drug-likeness (QED) is 0.839. The average Bonchev–Trinajstić information content (AvgIpc) is 2.59. The molecule has 0 bridgehead atoms. The number of nitrogens with one attached hydrogen (secondary N) is 1. The maximum absolute atomic E-state index is 11.6. The molecule has 1 spiro atoms. The number of hydrogen-bond donors (Lipinski definition) is 1. The Morgan fingerprint density at radius 1 is 1.52 bits per heavy atom. The van der Waals surface area contributed by atoms with Gasteiger partial charge in [0.1, 0.15) is 5.60 Å². The van der Waals surface area contributed by atoms with Gasteiger partial charge in [-0.1, -0.05) is 34.8 Å². The van der Waals surface area contributed by atoms with E-state index in [1.54, 1.807) is 6.92 Å². The lowest BCUT2D eigenvalue weighted by Crippen LogP contribution is -2.63. The zero-order valence-corrected chi connectivity index (χ0v) is 16.1. The first kappa shape index (κ1) is 18.4. The first-order valence-electron chi connectivity index (χ1n) is 8.84. The highest BCUT2D eigenvalue weighted by molar-refractivity contribution is 9.10. The van der Waals surface area contributed by atoms with Gasteiger partial charge >= 0.3 is 0 Å². The Morgan fingerprint density at radius 2 is 2.36 bits per heavy atom. The summed E-state index contributed by atoms with van der Waals surface area (Å²) >= 11 is 3.58. The van der Waals surface area contributed by atoms with Crippen molar-refractivity contribution < 1.29 is 9.53 Å². The molecular formula is C19H24BrN3O2. The fourth-order valence-corrected chi connectivity index (χ4v) is 4.53. The number of hydrogen-bond acceptors (Lipinski definition) is 4. The van der Waals surface area contributed by atoms with E-state index in [1.165, 1.54) is 5.56 Å². The topological polar surface area (TPSA) is 65.4 Å². The number of halogens is 1. The molecule has 3 rings (SSSR count). The molecule has 1 aromatic rings. The summed E-state index contributed by atoms with van der Waals surface area (Å²) in [6.07, 6.45) is 4.25. The lowest BCUT2D eigenvalue weighted by atomic mass is 9.78. The summed E-state index contributed by atoms with van der Waals surface area (Å²) in [5.41, 5.74) is 1.55. The molecule has 0 radical (unpaired) electrons. The molecule has 1 heterocycles. The molecule has 0 aromatic heterocycles. The maximum atomic E-state index is 11.6. The summed E-state index contributed by atoms with van der Waals surface area (Å²) < 4.78 is 7.21. The van der Waals surface area contributed by atoms with Gasteiger partial charge in [0.25, 0.3) is 0 Å². The van der Waals surface area contributed by atoms with Crippen molar-refractivity contribution in [2.75, 3.05) is 19.7 Å². The summed E-state index contributed by atoms with van der Waals surface area (Å²) in [6.45, 7) is 4.77. The molecule has 2 fully saturated rings. The fourth-order valence-electron chi connectivity index (χ4n) is 4.02. The van der Waals surface area contributed by atoms with Crippen LogP contribution in [0, 0.1) is 11.3 Å². The van der Waals surface area contributed by atoms with Crippen LogP contribution in [0.2, 0.25) is 0 Å². The smallest absolute Gasteiger partial charge is 0.217 e. The predicted octanol–water partition coefficient (Wildman–Crippen LogP) is 2.97. The minimum Gasteiger partial charge on any atom is -0.370 e. The van der Waals surface area contributed by atoms with Gasteiger partial charge in [0.2, 0.25) is 5.91 Å². The molecule has 1 saturated heterocycles. The van der Waals surface area contributed by atoms with Crippen LogP contribution >= 0.6 is 15.9 Å². The molecule has 2 atom stereocenters. The third kappa shape index (κ3) is 4.22. The molecule has 0 unspecified atom stereocenters. The van der Waals surface area contributed by atoms with Crippen LogP contribution in [0.25, 0.3) is 0 Å². The highest BCUT2D eigenvalue weighted by Crippen LogP contribution is 2.35. The monoisotopic (exact) mass is 405 g/mol. The molecule has 1 aliphatic heterocycles. The molecular weight excluding hydrogens is 382 g/mol. The predicted molar refractivity (Wildman–Crippen MR) is 98.9 cm³/mol. The van der Waals surface area contributed by atoms with E-state index in [9.17, 15) is 4.79 Å². The molecule has 6 heteroatoms. The summed E-state index contributed by atoms with van der Waals surface area (Å²) in [7, 11) is 0. The van der Waals surface area contributed by atoms with Crippen LogP contribution in [0.4, 0.5) is 0 Å². The third-order valence-corrected chi connectivity index (χ3v) is 5.96. The number of amides is 1. The number of carbonyl (C=O) groups is 1. The standard InChI is InChI=1S/C19H24BrN3O2/c1-14(24)22-18-4-2-3-7-19(18)13-23(8-9-25-19)12-16-6-5-15(11-21)10-17(16)20/h5-6,10,18H,2-4,7-9,12-13H2,1H3,(H,22,24)/t18-,19+/m0/s1. The number of morpholine rings is 1. The molecule has 134 valence electrons. The van der Waals surface area contributed by atoms with Gasteiger partial charge in [0.05, 0.1) is 24.3 Å². The molecule has 1 amide bonds. The Morgan fingerprint density at radius 3 is 3.08 bits per heavy atom. The third-order valence-electron chi connectivity index (χ3n) is 5.22.